The quantitative estimate of drug-likeness (QED) is 0.164. The number of nitrogens with zero attached hydrogens (tertiary/aromatic N) is 1. The van der Waals surface area contributed by atoms with Gasteiger partial charge in [0.1, 0.15) is 0 Å². The number of pyridine rings is 1. The molecule has 1 aliphatic rings. The lowest BCUT2D eigenvalue weighted by Crippen LogP contribution is -2.15. The van der Waals surface area contributed by atoms with Crippen molar-refractivity contribution in [2.75, 3.05) is 17.6 Å². The van der Waals surface area contributed by atoms with Crippen LogP contribution in [0, 0.1) is 6.92 Å². The van der Waals surface area contributed by atoms with E-state index in [4.69, 9.17) is 5.73 Å². The van der Waals surface area contributed by atoms with Crippen LogP contribution in [0.5, 0.6) is 0 Å². The molecule has 1 aliphatic carbocycles. The third-order valence-electron chi connectivity index (χ3n) is 7.07. The second-order valence-corrected chi connectivity index (χ2v) is 9.80. The van der Waals surface area contributed by atoms with Crippen LogP contribution in [-0.2, 0) is 6.54 Å². The molecule has 0 amide bonds. The molecule has 0 fully saturated rings. The van der Waals surface area contributed by atoms with Gasteiger partial charge in [-0.2, -0.15) is 0 Å². The van der Waals surface area contributed by atoms with Crippen molar-refractivity contribution in [1.29, 1.82) is 0 Å². The van der Waals surface area contributed by atoms with Crippen molar-refractivity contribution in [2.24, 2.45) is 0 Å². The van der Waals surface area contributed by atoms with Crippen LogP contribution in [-0.4, -0.2) is 11.5 Å². The van der Waals surface area contributed by atoms with Gasteiger partial charge in [-0.3, -0.25) is 4.98 Å². The highest BCUT2D eigenvalue weighted by atomic mass is 14.9. The van der Waals surface area contributed by atoms with E-state index >= 15 is 0 Å². The highest BCUT2D eigenvalue weighted by Gasteiger charge is 2.14. The Morgan fingerprint density at radius 1 is 1.10 bits per heavy atom. The molecule has 4 nitrogen and oxygen atoms in total. The van der Waals surface area contributed by atoms with Gasteiger partial charge in [-0.15, -0.1) is 0 Å². The maximum absolute atomic E-state index is 6.43. The Labute approximate surface area is 238 Å². The predicted octanol–water partition coefficient (Wildman–Crippen LogP) is 8.26. The van der Waals surface area contributed by atoms with Gasteiger partial charge in [0.15, 0.2) is 0 Å². The molecule has 0 saturated carbocycles. The molecule has 0 atom stereocenters. The van der Waals surface area contributed by atoms with Gasteiger partial charge in [0, 0.05) is 41.8 Å². The van der Waals surface area contributed by atoms with Gasteiger partial charge in [-0.25, -0.2) is 0 Å². The zero-order chi connectivity index (χ0) is 28.5. The molecule has 2 aromatic carbocycles. The van der Waals surface area contributed by atoms with Gasteiger partial charge in [-0.1, -0.05) is 92.6 Å². The fourth-order valence-electron chi connectivity index (χ4n) is 4.66. The second kappa shape index (κ2) is 13.4. The summed E-state index contributed by atoms with van der Waals surface area (Å²) in [5, 5.41) is 6.93. The van der Waals surface area contributed by atoms with E-state index in [0.29, 0.717) is 17.9 Å². The summed E-state index contributed by atoms with van der Waals surface area (Å²) in [4.78, 5) is 4.46. The van der Waals surface area contributed by atoms with Gasteiger partial charge in [0.2, 0.25) is 0 Å². The van der Waals surface area contributed by atoms with Crippen LogP contribution >= 0.6 is 0 Å². The van der Waals surface area contributed by atoms with E-state index in [2.05, 4.69) is 103 Å². The number of hydrogen-bond donors (Lipinski definition) is 3. The normalized spacial score (nSPS) is 13.2. The summed E-state index contributed by atoms with van der Waals surface area (Å²) in [6, 6.07) is 16.4. The molecule has 0 saturated heterocycles. The second-order valence-electron chi connectivity index (χ2n) is 9.80. The molecule has 0 radical (unpaired) electrons. The number of benzene rings is 2. The first-order chi connectivity index (χ1) is 19.4. The fourth-order valence-corrected chi connectivity index (χ4v) is 4.66. The molecule has 0 bridgehead atoms. The molecule has 1 heterocycles. The predicted molar refractivity (Wildman–Crippen MR) is 173 cm³/mol. The average Bonchev–Trinajstić information content (AvgIpc) is 3.51. The van der Waals surface area contributed by atoms with Crippen LogP contribution in [0.3, 0.4) is 0 Å². The van der Waals surface area contributed by atoms with Crippen LogP contribution in [0.15, 0.2) is 128 Å². The smallest absolute Gasteiger partial charge is 0.0606 e. The molecule has 4 N–H and O–H groups in total. The number of rotatable bonds is 12. The molecule has 0 unspecified atom stereocenters. The Morgan fingerprint density at radius 3 is 2.60 bits per heavy atom. The lowest BCUT2D eigenvalue weighted by Gasteiger charge is -2.18. The Bertz CT molecular complexity index is 1530. The molecular formula is C36H38N4. The van der Waals surface area contributed by atoms with Crippen molar-refractivity contribution in [1.82, 2.24) is 10.3 Å². The van der Waals surface area contributed by atoms with E-state index in [1.54, 1.807) is 0 Å². The Kier molecular flexibility index (Phi) is 9.50. The number of anilines is 2. The first-order valence-corrected chi connectivity index (χ1v) is 13.5. The molecule has 4 heteroatoms. The Morgan fingerprint density at radius 2 is 1.90 bits per heavy atom. The summed E-state index contributed by atoms with van der Waals surface area (Å²) in [6.45, 7) is 18.3. The summed E-state index contributed by atoms with van der Waals surface area (Å²) in [5.74, 6) is 0. The fraction of sp³-hybridized carbons (Fsp3) is 0.139. The number of aromatic nitrogens is 1. The summed E-state index contributed by atoms with van der Waals surface area (Å²) in [6.07, 6.45) is 17.3. The van der Waals surface area contributed by atoms with Crippen molar-refractivity contribution in [3.05, 3.63) is 156 Å². The summed E-state index contributed by atoms with van der Waals surface area (Å²) in [7, 11) is 0. The van der Waals surface area contributed by atoms with Crippen molar-refractivity contribution >= 4 is 28.1 Å². The molecule has 0 aliphatic heterocycles. The Hall–Kier alpha value is -4.67. The first-order valence-electron chi connectivity index (χ1n) is 13.5. The lowest BCUT2D eigenvalue weighted by atomic mass is 9.95. The molecule has 3 aromatic rings. The molecule has 0 spiro atoms. The zero-order valence-corrected chi connectivity index (χ0v) is 23.5. The van der Waals surface area contributed by atoms with E-state index in [9.17, 15) is 0 Å². The van der Waals surface area contributed by atoms with Crippen molar-refractivity contribution < 1.29 is 0 Å². The van der Waals surface area contributed by atoms with Gasteiger partial charge in [0.25, 0.3) is 0 Å². The highest BCUT2D eigenvalue weighted by Crippen LogP contribution is 2.33. The number of nitrogen functional groups attached to an aromatic ring is 1. The molecule has 40 heavy (non-hydrogen) atoms. The van der Waals surface area contributed by atoms with Crippen LogP contribution in [0.2, 0.25) is 0 Å². The molecular weight excluding hydrogens is 488 g/mol. The molecule has 202 valence electrons. The largest absolute Gasteiger partial charge is 0.398 e. The van der Waals surface area contributed by atoms with Gasteiger partial charge in [-0.05, 0) is 71.4 Å². The number of nitrogens with one attached hydrogen (secondary N) is 2. The third-order valence-corrected chi connectivity index (χ3v) is 7.07. The standard InChI is InChI=1S/C36H38N4/c1-6-28(21-38-22-29-13-9-8-10-14-29)19-30(7-2)32-17-18-35(37)33(20-32)25(3)27(5)40-36-24-39-23-34(26(36)4)31-15-11-12-16-31/h6-11,13-20,23-24,38,40H,1,3,5,12,21-22,37H2,2,4H3/b28-19+,30-7+. The van der Waals surface area contributed by atoms with E-state index in [1.165, 1.54) is 11.1 Å². The maximum atomic E-state index is 6.43. The zero-order valence-electron chi connectivity index (χ0n) is 23.5. The SMILES string of the molecule is C=C/C(=C\C(=C/C)c1ccc(N)c(C(=C)C(=C)Nc2cncc(C3=CCC=C3)c2C)c1)CNCc1ccccc1. The summed E-state index contributed by atoms with van der Waals surface area (Å²) in [5.41, 5.74) is 18.1. The van der Waals surface area contributed by atoms with Crippen LogP contribution in [0.1, 0.15) is 41.2 Å². The third kappa shape index (κ3) is 6.85. The highest BCUT2D eigenvalue weighted by molar-refractivity contribution is 5.89. The minimum Gasteiger partial charge on any atom is -0.398 e. The van der Waals surface area contributed by atoms with Crippen molar-refractivity contribution in [3.8, 4) is 0 Å². The lowest BCUT2D eigenvalue weighted by molar-refractivity contribution is 0.747. The first kappa shape index (κ1) is 28.3. The van der Waals surface area contributed by atoms with E-state index < -0.39 is 0 Å². The van der Waals surface area contributed by atoms with Gasteiger partial charge < -0.3 is 16.4 Å². The number of allylic oxidation sites excluding steroid dienone is 8. The van der Waals surface area contributed by atoms with Crippen LogP contribution in [0.25, 0.3) is 16.7 Å². The monoisotopic (exact) mass is 526 g/mol. The van der Waals surface area contributed by atoms with Crippen LogP contribution in [0.4, 0.5) is 11.4 Å². The minimum absolute atomic E-state index is 0.648. The minimum atomic E-state index is 0.648. The van der Waals surface area contributed by atoms with E-state index in [0.717, 1.165) is 57.6 Å². The Balaban J connectivity index is 1.50. The maximum Gasteiger partial charge on any atom is 0.0606 e. The topological polar surface area (TPSA) is 63.0 Å². The van der Waals surface area contributed by atoms with Gasteiger partial charge in [0.05, 0.1) is 11.9 Å². The molecule has 4 rings (SSSR count). The van der Waals surface area contributed by atoms with E-state index in [1.807, 2.05) is 43.6 Å². The number of hydrogen-bond acceptors (Lipinski definition) is 4. The van der Waals surface area contributed by atoms with Crippen LogP contribution < -0.4 is 16.4 Å². The molecule has 1 aromatic heterocycles. The van der Waals surface area contributed by atoms with Crippen molar-refractivity contribution in [3.63, 3.8) is 0 Å². The number of nitrogens with two attached hydrogens (primary N) is 1. The summed E-state index contributed by atoms with van der Waals surface area (Å²) >= 11 is 0. The van der Waals surface area contributed by atoms with Crippen molar-refractivity contribution in [2.45, 2.75) is 26.8 Å². The van der Waals surface area contributed by atoms with E-state index in [-0.39, 0.29) is 0 Å². The average molecular weight is 527 g/mol. The summed E-state index contributed by atoms with van der Waals surface area (Å²) < 4.78 is 0. The van der Waals surface area contributed by atoms with Gasteiger partial charge >= 0.3 is 0 Å².